The second kappa shape index (κ2) is 7.54. The lowest BCUT2D eigenvalue weighted by atomic mass is 9.84. The van der Waals surface area contributed by atoms with Gasteiger partial charge in [-0.05, 0) is 42.7 Å². The van der Waals surface area contributed by atoms with Crippen molar-refractivity contribution in [2.45, 2.75) is 36.5 Å². The Morgan fingerprint density at radius 2 is 1.88 bits per heavy atom. The van der Waals surface area contributed by atoms with Crippen molar-refractivity contribution in [3.63, 3.8) is 0 Å². The fourth-order valence-corrected chi connectivity index (χ4v) is 3.40. The van der Waals surface area contributed by atoms with E-state index in [4.69, 9.17) is 0 Å². The highest BCUT2D eigenvalue weighted by Crippen LogP contribution is 2.28. The van der Waals surface area contributed by atoms with Crippen LogP contribution in [0.2, 0.25) is 0 Å². The molecule has 2 aromatic carbocycles. The Morgan fingerprint density at radius 1 is 1.12 bits per heavy atom. The lowest BCUT2D eigenvalue weighted by molar-refractivity contribution is 0.666. The number of nitriles is 1. The fourth-order valence-electron chi connectivity index (χ4n) is 2.55. The fraction of sp³-hybridized carbons (Fsp3) is 0.250. The van der Waals surface area contributed by atoms with Gasteiger partial charge in [-0.25, -0.2) is 9.67 Å². The molecule has 1 heterocycles. The summed E-state index contributed by atoms with van der Waals surface area (Å²) >= 11 is 1.80. The molecule has 3 aromatic rings. The molecule has 0 bridgehead atoms. The summed E-state index contributed by atoms with van der Waals surface area (Å²) in [7, 11) is 0. The SMILES string of the molecule is CC(C)(C#N)c1cc(CSc2ccccc2)cc(Cn2cncn2)c1. The minimum absolute atomic E-state index is 0.523. The molecule has 4 nitrogen and oxygen atoms in total. The number of benzene rings is 2. The Labute approximate surface area is 152 Å². The van der Waals surface area contributed by atoms with E-state index in [1.54, 1.807) is 22.8 Å². The smallest absolute Gasteiger partial charge is 0.137 e. The zero-order valence-electron chi connectivity index (χ0n) is 14.4. The van der Waals surface area contributed by atoms with Crippen molar-refractivity contribution < 1.29 is 0 Å². The highest BCUT2D eigenvalue weighted by Gasteiger charge is 2.21. The van der Waals surface area contributed by atoms with Crippen molar-refractivity contribution in [1.82, 2.24) is 14.8 Å². The Bertz CT molecular complexity index is 864. The molecule has 25 heavy (non-hydrogen) atoms. The van der Waals surface area contributed by atoms with E-state index >= 15 is 0 Å². The zero-order valence-corrected chi connectivity index (χ0v) is 15.2. The summed E-state index contributed by atoms with van der Waals surface area (Å²) in [6.07, 6.45) is 3.25. The van der Waals surface area contributed by atoms with Gasteiger partial charge >= 0.3 is 0 Å². The predicted octanol–water partition coefficient (Wildman–Crippen LogP) is 4.42. The van der Waals surface area contributed by atoms with E-state index in [1.807, 2.05) is 32.0 Å². The summed E-state index contributed by atoms with van der Waals surface area (Å²) in [5, 5.41) is 13.7. The normalized spacial score (nSPS) is 11.2. The quantitative estimate of drug-likeness (QED) is 0.619. The lowest BCUT2D eigenvalue weighted by Crippen LogP contribution is -2.15. The first-order valence-electron chi connectivity index (χ1n) is 8.12. The summed E-state index contributed by atoms with van der Waals surface area (Å²) in [6.45, 7) is 4.56. The van der Waals surface area contributed by atoms with E-state index in [2.05, 4.69) is 46.5 Å². The highest BCUT2D eigenvalue weighted by atomic mass is 32.2. The molecule has 0 spiro atoms. The Morgan fingerprint density at radius 3 is 2.56 bits per heavy atom. The van der Waals surface area contributed by atoms with Crippen molar-refractivity contribution in [2.75, 3.05) is 0 Å². The molecule has 0 N–H and O–H groups in total. The van der Waals surface area contributed by atoms with Gasteiger partial charge in [-0.15, -0.1) is 11.8 Å². The van der Waals surface area contributed by atoms with Gasteiger partial charge in [0.05, 0.1) is 18.0 Å². The zero-order chi connectivity index (χ0) is 17.7. The average Bonchev–Trinajstić information content (AvgIpc) is 3.13. The minimum atomic E-state index is -0.523. The number of rotatable bonds is 6. The summed E-state index contributed by atoms with van der Waals surface area (Å²) in [4.78, 5) is 5.24. The summed E-state index contributed by atoms with van der Waals surface area (Å²) in [5.41, 5.74) is 2.86. The summed E-state index contributed by atoms with van der Waals surface area (Å²) in [5.74, 6) is 0.865. The second-order valence-corrected chi connectivity index (χ2v) is 7.52. The number of hydrogen-bond donors (Lipinski definition) is 0. The maximum Gasteiger partial charge on any atom is 0.137 e. The van der Waals surface area contributed by atoms with Gasteiger partial charge in [0.2, 0.25) is 0 Å². The van der Waals surface area contributed by atoms with Crippen LogP contribution in [0.15, 0.2) is 66.1 Å². The van der Waals surface area contributed by atoms with Crippen LogP contribution in [0.4, 0.5) is 0 Å². The molecule has 0 amide bonds. The molecule has 126 valence electrons. The van der Waals surface area contributed by atoms with E-state index in [9.17, 15) is 5.26 Å². The van der Waals surface area contributed by atoms with Gasteiger partial charge in [0, 0.05) is 10.6 Å². The van der Waals surface area contributed by atoms with Crippen LogP contribution in [0.3, 0.4) is 0 Å². The predicted molar refractivity (Wildman–Crippen MR) is 100 cm³/mol. The minimum Gasteiger partial charge on any atom is -0.249 e. The molecule has 0 radical (unpaired) electrons. The molecule has 0 atom stereocenters. The van der Waals surface area contributed by atoms with Crippen LogP contribution in [0.25, 0.3) is 0 Å². The van der Waals surface area contributed by atoms with Gasteiger partial charge in [-0.1, -0.05) is 36.4 Å². The van der Waals surface area contributed by atoms with E-state index in [0.717, 1.165) is 16.9 Å². The molecule has 0 unspecified atom stereocenters. The van der Waals surface area contributed by atoms with Crippen LogP contribution < -0.4 is 0 Å². The standard InChI is InChI=1S/C20H20N4S/c1-20(2,13-21)18-9-16(11-24-15-22-14-23-24)8-17(10-18)12-25-19-6-4-3-5-7-19/h3-10,14-15H,11-12H2,1-2H3. The molecule has 0 aliphatic carbocycles. The maximum atomic E-state index is 9.51. The van der Waals surface area contributed by atoms with Gasteiger partial charge in [0.15, 0.2) is 0 Å². The summed E-state index contributed by atoms with van der Waals surface area (Å²) < 4.78 is 1.80. The maximum absolute atomic E-state index is 9.51. The van der Waals surface area contributed by atoms with Gasteiger partial charge in [0.1, 0.15) is 12.7 Å². The second-order valence-electron chi connectivity index (χ2n) is 6.47. The molecule has 0 aliphatic heterocycles. The molecule has 0 saturated carbocycles. The average molecular weight is 348 g/mol. The molecule has 0 fully saturated rings. The van der Waals surface area contributed by atoms with Crippen molar-refractivity contribution in [1.29, 1.82) is 5.26 Å². The number of thioether (sulfide) groups is 1. The van der Waals surface area contributed by atoms with E-state index in [-0.39, 0.29) is 0 Å². The van der Waals surface area contributed by atoms with Crippen LogP contribution in [0.1, 0.15) is 30.5 Å². The molecule has 3 rings (SSSR count). The first-order valence-corrected chi connectivity index (χ1v) is 9.10. The number of nitrogens with zero attached hydrogens (tertiary/aromatic N) is 4. The van der Waals surface area contributed by atoms with Gasteiger partial charge in [-0.2, -0.15) is 10.4 Å². The summed E-state index contributed by atoms with van der Waals surface area (Å²) in [6, 6.07) is 19.2. The monoisotopic (exact) mass is 348 g/mol. The first-order chi connectivity index (χ1) is 12.1. The largest absolute Gasteiger partial charge is 0.249 e. The van der Waals surface area contributed by atoms with Crippen molar-refractivity contribution >= 4 is 11.8 Å². The number of aromatic nitrogens is 3. The van der Waals surface area contributed by atoms with Gasteiger partial charge in [-0.3, -0.25) is 0 Å². The highest BCUT2D eigenvalue weighted by molar-refractivity contribution is 7.98. The molecule has 5 heteroatoms. The van der Waals surface area contributed by atoms with Crippen molar-refractivity contribution in [2.24, 2.45) is 0 Å². The Kier molecular flexibility index (Phi) is 5.20. The number of hydrogen-bond acceptors (Lipinski definition) is 4. The van der Waals surface area contributed by atoms with Crippen LogP contribution >= 0.6 is 11.8 Å². The van der Waals surface area contributed by atoms with E-state index in [0.29, 0.717) is 6.54 Å². The van der Waals surface area contributed by atoms with Crippen LogP contribution in [-0.2, 0) is 17.7 Å². The third-order valence-electron chi connectivity index (χ3n) is 4.01. The Hall–Kier alpha value is -2.58. The molecule has 1 aromatic heterocycles. The topological polar surface area (TPSA) is 54.5 Å². The molecular weight excluding hydrogens is 328 g/mol. The van der Waals surface area contributed by atoms with Crippen LogP contribution in [0.5, 0.6) is 0 Å². The first kappa shape index (κ1) is 17.2. The third kappa shape index (κ3) is 4.49. The van der Waals surface area contributed by atoms with Gasteiger partial charge < -0.3 is 0 Å². The van der Waals surface area contributed by atoms with Crippen LogP contribution in [0, 0.1) is 11.3 Å². The molecular formula is C20H20N4S. The van der Waals surface area contributed by atoms with Gasteiger partial charge in [0.25, 0.3) is 0 Å². The molecule has 0 aliphatic rings. The molecule has 0 saturated heterocycles. The van der Waals surface area contributed by atoms with Crippen LogP contribution in [-0.4, -0.2) is 14.8 Å². The van der Waals surface area contributed by atoms with Crippen molar-refractivity contribution in [3.05, 3.63) is 77.9 Å². The van der Waals surface area contributed by atoms with E-state index < -0.39 is 5.41 Å². The third-order valence-corrected chi connectivity index (χ3v) is 5.10. The lowest BCUT2D eigenvalue weighted by Gasteiger charge is -2.19. The van der Waals surface area contributed by atoms with E-state index in [1.165, 1.54) is 16.8 Å². The van der Waals surface area contributed by atoms with Crippen molar-refractivity contribution in [3.8, 4) is 6.07 Å². The Balaban J connectivity index is 1.88.